The van der Waals surface area contributed by atoms with Crippen molar-refractivity contribution in [3.05, 3.63) is 78.9 Å². The number of hydrogen-bond donors (Lipinski definition) is 2. The normalized spacial score (nSPS) is 18.2. The molecule has 6 nitrogen and oxygen atoms in total. The summed E-state index contributed by atoms with van der Waals surface area (Å²) in [5.41, 5.74) is 11.9. The molecule has 158 valence electrons. The van der Waals surface area contributed by atoms with E-state index in [0.29, 0.717) is 17.7 Å². The monoisotopic (exact) mass is 421 g/mol. The predicted molar refractivity (Wildman–Crippen MR) is 126 cm³/mol. The van der Waals surface area contributed by atoms with Gasteiger partial charge in [0.05, 0.1) is 11.2 Å². The van der Waals surface area contributed by atoms with E-state index >= 15 is 0 Å². The van der Waals surface area contributed by atoms with Crippen molar-refractivity contribution in [3.8, 4) is 22.5 Å². The maximum Gasteiger partial charge on any atom is 0.150 e. The molecule has 2 aromatic carbocycles. The van der Waals surface area contributed by atoms with Crippen molar-refractivity contribution in [1.82, 2.24) is 19.4 Å². The fourth-order valence-electron chi connectivity index (χ4n) is 4.71. The van der Waals surface area contributed by atoms with E-state index in [1.54, 1.807) is 6.20 Å². The molecule has 32 heavy (non-hydrogen) atoms. The number of nitrogens with zero attached hydrogens (tertiary/aromatic N) is 4. The lowest BCUT2D eigenvalue weighted by Gasteiger charge is -2.32. The summed E-state index contributed by atoms with van der Waals surface area (Å²) in [5.74, 6) is 2.12. The minimum Gasteiger partial charge on any atom is -0.396 e. The predicted octanol–water partition coefficient (Wildman–Crippen LogP) is 4.68. The van der Waals surface area contributed by atoms with Gasteiger partial charge >= 0.3 is 0 Å². The van der Waals surface area contributed by atoms with E-state index in [0.717, 1.165) is 57.6 Å². The molecule has 1 saturated carbocycles. The number of nitrogen functional groups attached to an aromatic ring is 1. The third kappa shape index (κ3) is 3.03. The molecule has 1 fully saturated rings. The molecular formula is C26H23N5O. The number of anilines is 1. The second-order valence-corrected chi connectivity index (χ2v) is 8.54. The molecule has 0 aliphatic heterocycles. The van der Waals surface area contributed by atoms with E-state index in [1.807, 2.05) is 24.4 Å². The van der Waals surface area contributed by atoms with Crippen LogP contribution in [0.15, 0.2) is 73.1 Å². The lowest BCUT2D eigenvalue weighted by Crippen LogP contribution is -2.26. The molecule has 1 aliphatic carbocycles. The van der Waals surface area contributed by atoms with Crippen LogP contribution < -0.4 is 5.73 Å². The molecule has 0 bridgehead atoms. The molecule has 6 rings (SSSR count). The molecule has 0 saturated heterocycles. The second-order valence-electron chi connectivity index (χ2n) is 8.54. The fraction of sp³-hybridized carbons (Fsp3) is 0.192. The number of aromatic nitrogens is 4. The van der Waals surface area contributed by atoms with Crippen LogP contribution in [0.3, 0.4) is 0 Å². The van der Waals surface area contributed by atoms with Crippen LogP contribution in [-0.2, 0) is 0 Å². The Morgan fingerprint density at radius 2 is 1.78 bits per heavy atom. The summed E-state index contributed by atoms with van der Waals surface area (Å²) in [4.78, 5) is 14.3. The molecule has 0 amide bonds. The van der Waals surface area contributed by atoms with Crippen molar-refractivity contribution in [1.29, 1.82) is 0 Å². The molecule has 5 aromatic rings. The van der Waals surface area contributed by atoms with Gasteiger partial charge < -0.3 is 10.8 Å². The number of imidazole rings is 1. The van der Waals surface area contributed by atoms with Gasteiger partial charge in [-0.3, -0.25) is 4.40 Å². The molecular weight excluding hydrogens is 398 g/mol. The molecule has 3 N–H and O–H groups in total. The molecule has 3 heterocycles. The van der Waals surface area contributed by atoms with Crippen LogP contribution in [0.5, 0.6) is 0 Å². The topological polar surface area (TPSA) is 89.3 Å². The Labute approximate surface area is 185 Å². The van der Waals surface area contributed by atoms with Crippen molar-refractivity contribution < 1.29 is 5.11 Å². The quantitative estimate of drug-likeness (QED) is 0.440. The van der Waals surface area contributed by atoms with Gasteiger partial charge in [-0.2, -0.15) is 0 Å². The van der Waals surface area contributed by atoms with Gasteiger partial charge in [-0.15, -0.1) is 0 Å². The molecule has 3 aromatic heterocycles. The summed E-state index contributed by atoms with van der Waals surface area (Å²) < 4.78 is 2.06. The van der Waals surface area contributed by atoms with E-state index in [1.165, 1.54) is 0 Å². The Balaban J connectivity index is 1.49. The van der Waals surface area contributed by atoms with E-state index in [9.17, 15) is 5.11 Å². The first kappa shape index (κ1) is 19.0. The Morgan fingerprint density at radius 3 is 2.59 bits per heavy atom. The largest absolute Gasteiger partial charge is 0.396 e. The first-order valence-electron chi connectivity index (χ1n) is 10.9. The summed E-state index contributed by atoms with van der Waals surface area (Å²) in [7, 11) is 0. The number of fused-ring (bicyclic) bond motifs is 2. The van der Waals surface area contributed by atoms with Gasteiger partial charge in [-0.25, -0.2) is 15.0 Å². The van der Waals surface area contributed by atoms with Crippen molar-refractivity contribution in [3.63, 3.8) is 0 Å². The van der Waals surface area contributed by atoms with Gasteiger partial charge in [-0.05, 0) is 30.9 Å². The van der Waals surface area contributed by atoms with Gasteiger partial charge in [0.2, 0.25) is 0 Å². The van der Waals surface area contributed by atoms with Gasteiger partial charge in [0.25, 0.3) is 0 Å². The van der Waals surface area contributed by atoms with E-state index in [2.05, 4.69) is 51.8 Å². The van der Waals surface area contributed by atoms with Crippen LogP contribution >= 0.6 is 0 Å². The van der Waals surface area contributed by atoms with E-state index < -0.39 is 0 Å². The number of hydrogen-bond acceptors (Lipinski definition) is 5. The molecule has 0 radical (unpaired) electrons. The minimum absolute atomic E-state index is 0.233. The highest BCUT2D eigenvalue weighted by molar-refractivity contribution is 5.91. The number of aliphatic hydroxyl groups excluding tert-OH is 1. The van der Waals surface area contributed by atoms with E-state index in [4.69, 9.17) is 15.7 Å². The van der Waals surface area contributed by atoms with Crippen molar-refractivity contribution >= 4 is 22.2 Å². The standard InChI is InChI=1S/C26H23N5O/c27-25-24-23(30-26(31(24)11-10-28-25)20-12-16(13-20)15-32)19-7-6-18-8-9-21(29-22(18)14-19)17-4-2-1-3-5-17/h1-11,14,16,20,32H,12-13,15H2,(H2,27,28)/t16-,20+. The lowest BCUT2D eigenvalue weighted by atomic mass is 9.75. The maximum atomic E-state index is 9.43. The average molecular weight is 422 g/mol. The van der Waals surface area contributed by atoms with Crippen LogP contribution in [0.1, 0.15) is 24.6 Å². The fourth-order valence-corrected chi connectivity index (χ4v) is 4.71. The van der Waals surface area contributed by atoms with Crippen LogP contribution in [0, 0.1) is 5.92 Å². The summed E-state index contributed by atoms with van der Waals surface area (Å²) in [6, 6.07) is 20.6. The van der Waals surface area contributed by atoms with Crippen molar-refractivity contribution in [2.75, 3.05) is 12.3 Å². The molecule has 1 aliphatic rings. The number of nitrogens with two attached hydrogens (primary N) is 1. The molecule has 0 spiro atoms. The maximum absolute atomic E-state index is 9.43. The zero-order valence-electron chi connectivity index (χ0n) is 17.5. The Morgan fingerprint density at radius 1 is 0.969 bits per heavy atom. The highest BCUT2D eigenvalue weighted by atomic mass is 16.3. The zero-order valence-corrected chi connectivity index (χ0v) is 17.5. The Hall–Kier alpha value is -3.77. The molecule has 0 unspecified atom stereocenters. The van der Waals surface area contributed by atoms with Crippen LogP contribution in [0.4, 0.5) is 5.82 Å². The number of pyridine rings is 1. The van der Waals surface area contributed by atoms with Crippen LogP contribution in [-0.4, -0.2) is 31.1 Å². The summed E-state index contributed by atoms with van der Waals surface area (Å²) in [6.45, 7) is 0.233. The van der Waals surface area contributed by atoms with Crippen LogP contribution in [0.25, 0.3) is 38.9 Å². The SMILES string of the molecule is Nc1nccn2c1c(-c1ccc3ccc(-c4ccccc4)nc3c1)nc2[C@H]1C[C@@H](CO)C1. The number of benzene rings is 2. The van der Waals surface area contributed by atoms with Crippen molar-refractivity contribution in [2.45, 2.75) is 18.8 Å². The molecule has 6 heteroatoms. The van der Waals surface area contributed by atoms with Gasteiger partial charge in [0.1, 0.15) is 22.9 Å². The third-order valence-corrected chi connectivity index (χ3v) is 6.50. The Kier molecular flexibility index (Phi) is 4.40. The first-order chi connectivity index (χ1) is 15.7. The van der Waals surface area contributed by atoms with Gasteiger partial charge in [0.15, 0.2) is 0 Å². The number of aliphatic hydroxyl groups is 1. The smallest absolute Gasteiger partial charge is 0.150 e. The second kappa shape index (κ2) is 7.43. The minimum atomic E-state index is 0.233. The van der Waals surface area contributed by atoms with Crippen LogP contribution in [0.2, 0.25) is 0 Å². The number of rotatable bonds is 4. The Bertz CT molecular complexity index is 1440. The highest BCUT2D eigenvalue weighted by Crippen LogP contribution is 2.43. The third-order valence-electron chi connectivity index (χ3n) is 6.50. The first-order valence-corrected chi connectivity index (χ1v) is 10.9. The van der Waals surface area contributed by atoms with Gasteiger partial charge in [0, 0.05) is 41.4 Å². The average Bonchev–Trinajstić information content (AvgIpc) is 3.19. The van der Waals surface area contributed by atoms with E-state index in [-0.39, 0.29) is 6.61 Å². The summed E-state index contributed by atoms with van der Waals surface area (Å²) in [5, 5.41) is 10.5. The van der Waals surface area contributed by atoms with Crippen molar-refractivity contribution in [2.24, 2.45) is 5.92 Å². The summed E-state index contributed by atoms with van der Waals surface area (Å²) >= 11 is 0. The lowest BCUT2D eigenvalue weighted by molar-refractivity contribution is 0.138. The molecule has 0 atom stereocenters. The highest BCUT2D eigenvalue weighted by Gasteiger charge is 2.33. The summed E-state index contributed by atoms with van der Waals surface area (Å²) in [6.07, 6.45) is 5.53. The van der Waals surface area contributed by atoms with Gasteiger partial charge in [-0.1, -0.05) is 48.5 Å². The zero-order chi connectivity index (χ0) is 21.7.